The molecule has 1 fully saturated rings. The lowest BCUT2D eigenvalue weighted by molar-refractivity contribution is 0.0227. The van der Waals surface area contributed by atoms with Crippen LogP contribution in [-0.4, -0.2) is 31.9 Å². The first-order chi connectivity index (χ1) is 12.1. The molecule has 6 heteroatoms. The molecule has 0 spiro atoms. The van der Waals surface area contributed by atoms with E-state index in [2.05, 4.69) is 15.4 Å². The van der Waals surface area contributed by atoms with Gasteiger partial charge in [-0.2, -0.15) is 5.10 Å². The van der Waals surface area contributed by atoms with E-state index in [0.717, 1.165) is 42.6 Å². The van der Waals surface area contributed by atoms with E-state index in [-0.39, 0.29) is 24.0 Å². The van der Waals surface area contributed by atoms with Crippen LogP contribution >= 0.6 is 0 Å². The Balaban J connectivity index is 1.60. The molecule has 1 saturated carbocycles. The predicted molar refractivity (Wildman–Crippen MR) is 93.0 cm³/mol. The first-order valence-corrected chi connectivity index (χ1v) is 9.08. The molecule has 6 nitrogen and oxygen atoms in total. The molecule has 2 heterocycles. The van der Waals surface area contributed by atoms with Gasteiger partial charge in [0.15, 0.2) is 0 Å². The lowest BCUT2D eigenvalue weighted by Gasteiger charge is -2.37. The number of hydrogen-bond donors (Lipinski definition) is 2. The number of rotatable bonds is 4. The summed E-state index contributed by atoms with van der Waals surface area (Å²) in [5.41, 5.74) is 3.69. The SMILES string of the molecule is Cn1nc2c(c1C(=O)NC(c1ccccn1)C1CC(O)C1)CCCC2. The normalized spacial score (nSPS) is 23.4. The highest BCUT2D eigenvalue weighted by atomic mass is 16.3. The van der Waals surface area contributed by atoms with Gasteiger partial charge in [0.25, 0.3) is 5.91 Å². The second-order valence-corrected chi connectivity index (χ2v) is 7.20. The van der Waals surface area contributed by atoms with Crippen molar-refractivity contribution in [1.29, 1.82) is 0 Å². The number of carbonyl (C=O) groups is 1. The molecule has 0 aromatic carbocycles. The van der Waals surface area contributed by atoms with Crippen LogP contribution in [0.2, 0.25) is 0 Å². The van der Waals surface area contributed by atoms with Crippen molar-refractivity contribution < 1.29 is 9.90 Å². The average molecular weight is 340 g/mol. The first kappa shape index (κ1) is 16.3. The van der Waals surface area contributed by atoms with Crippen LogP contribution < -0.4 is 5.32 Å². The number of pyridine rings is 1. The van der Waals surface area contributed by atoms with E-state index in [9.17, 15) is 9.90 Å². The summed E-state index contributed by atoms with van der Waals surface area (Å²) in [5, 5.41) is 17.4. The van der Waals surface area contributed by atoms with E-state index in [1.165, 1.54) is 0 Å². The van der Waals surface area contributed by atoms with Crippen molar-refractivity contribution >= 4 is 5.91 Å². The fraction of sp³-hybridized carbons (Fsp3) is 0.526. The van der Waals surface area contributed by atoms with Crippen LogP contribution in [0.15, 0.2) is 24.4 Å². The Morgan fingerprint density at radius 1 is 1.32 bits per heavy atom. The summed E-state index contributed by atoms with van der Waals surface area (Å²) in [6.07, 6.45) is 7.00. The van der Waals surface area contributed by atoms with Crippen LogP contribution in [0.5, 0.6) is 0 Å². The highest BCUT2D eigenvalue weighted by molar-refractivity contribution is 5.94. The van der Waals surface area contributed by atoms with Crippen LogP contribution in [0.3, 0.4) is 0 Å². The van der Waals surface area contributed by atoms with Gasteiger partial charge in [-0.1, -0.05) is 6.07 Å². The number of fused-ring (bicyclic) bond motifs is 1. The van der Waals surface area contributed by atoms with Gasteiger partial charge in [-0.25, -0.2) is 0 Å². The van der Waals surface area contributed by atoms with Gasteiger partial charge in [-0.3, -0.25) is 14.5 Å². The Kier molecular flexibility index (Phi) is 4.29. The minimum atomic E-state index is -0.266. The highest BCUT2D eigenvalue weighted by Gasteiger charge is 2.37. The van der Waals surface area contributed by atoms with E-state index >= 15 is 0 Å². The Hall–Kier alpha value is -2.21. The van der Waals surface area contributed by atoms with Gasteiger partial charge < -0.3 is 10.4 Å². The molecule has 1 unspecified atom stereocenters. The van der Waals surface area contributed by atoms with E-state index in [4.69, 9.17) is 0 Å². The third-order valence-corrected chi connectivity index (χ3v) is 5.45. The lowest BCUT2D eigenvalue weighted by Crippen LogP contribution is -2.42. The maximum Gasteiger partial charge on any atom is 0.270 e. The molecule has 0 aliphatic heterocycles. The number of hydrogen-bond acceptors (Lipinski definition) is 4. The van der Waals surface area contributed by atoms with Crippen molar-refractivity contribution in [1.82, 2.24) is 20.1 Å². The molecule has 2 N–H and O–H groups in total. The number of carbonyl (C=O) groups excluding carboxylic acids is 1. The van der Waals surface area contributed by atoms with Crippen LogP contribution in [-0.2, 0) is 19.9 Å². The monoisotopic (exact) mass is 340 g/mol. The zero-order chi connectivity index (χ0) is 17.4. The minimum Gasteiger partial charge on any atom is -0.393 e. The number of nitrogens with one attached hydrogen (secondary N) is 1. The number of aryl methyl sites for hydroxylation is 2. The Morgan fingerprint density at radius 2 is 2.12 bits per heavy atom. The minimum absolute atomic E-state index is 0.0878. The fourth-order valence-corrected chi connectivity index (χ4v) is 4.07. The van der Waals surface area contributed by atoms with Gasteiger partial charge in [0.05, 0.1) is 23.5 Å². The Labute approximate surface area is 147 Å². The number of nitrogens with zero attached hydrogens (tertiary/aromatic N) is 3. The molecular weight excluding hydrogens is 316 g/mol. The number of aromatic nitrogens is 3. The van der Waals surface area contributed by atoms with E-state index < -0.39 is 0 Å². The van der Waals surface area contributed by atoms with E-state index in [1.807, 2.05) is 25.2 Å². The third kappa shape index (κ3) is 3.06. The molecule has 0 saturated heterocycles. The largest absolute Gasteiger partial charge is 0.393 e. The van der Waals surface area contributed by atoms with Crippen LogP contribution in [0.1, 0.15) is 59.2 Å². The fourth-order valence-electron chi connectivity index (χ4n) is 4.07. The van der Waals surface area contributed by atoms with Crippen LogP contribution in [0.25, 0.3) is 0 Å². The molecule has 25 heavy (non-hydrogen) atoms. The van der Waals surface area contributed by atoms with Crippen LogP contribution in [0, 0.1) is 5.92 Å². The van der Waals surface area contributed by atoms with E-state index in [1.54, 1.807) is 10.9 Å². The molecule has 2 aliphatic rings. The summed E-state index contributed by atoms with van der Waals surface area (Å²) in [5.74, 6) is 0.132. The van der Waals surface area contributed by atoms with Gasteiger partial charge in [0, 0.05) is 18.8 Å². The lowest BCUT2D eigenvalue weighted by atomic mass is 9.76. The van der Waals surface area contributed by atoms with Gasteiger partial charge in [-0.15, -0.1) is 0 Å². The molecule has 2 aliphatic carbocycles. The second-order valence-electron chi connectivity index (χ2n) is 7.20. The standard InChI is InChI=1S/C19H24N4O2/c1-23-18(14-6-2-3-7-15(14)22-23)19(25)21-17(12-10-13(24)11-12)16-8-4-5-9-20-16/h4-5,8-9,12-13,17,24H,2-3,6-7,10-11H2,1H3,(H,21,25). The number of aliphatic hydroxyl groups is 1. The van der Waals surface area contributed by atoms with Crippen molar-refractivity contribution in [3.63, 3.8) is 0 Å². The molecule has 1 amide bonds. The summed E-state index contributed by atoms with van der Waals surface area (Å²) in [6.45, 7) is 0. The molecule has 0 radical (unpaired) electrons. The Bertz CT molecular complexity index is 765. The molecule has 2 aromatic rings. The Morgan fingerprint density at radius 3 is 2.84 bits per heavy atom. The quantitative estimate of drug-likeness (QED) is 0.891. The number of amides is 1. The topological polar surface area (TPSA) is 80.0 Å². The molecule has 4 rings (SSSR count). The number of aliphatic hydroxyl groups excluding tert-OH is 1. The smallest absolute Gasteiger partial charge is 0.270 e. The molecule has 1 atom stereocenters. The predicted octanol–water partition coefficient (Wildman–Crippen LogP) is 1.94. The maximum atomic E-state index is 13.0. The second kappa shape index (κ2) is 6.59. The highest BCUT2D eigenvalue weighted by Crippen LogP contribution is 2.37. The summed E-state index contributed by atoms with van der Waals surface area (Å²) >= 11 is 0. The molecule has 0 bridgehead atoms. The zero-order valence-corrected chi connectivity index (χ0v) is 14.5. The van der Waals surface area contributed by atoms with Crippen molar-refractivity contribution in [3.8, 4) is 0 Å². The van der Waals surface area contributed by atoms with Gasteiger partial charge in [0.1, 0.15) is 5.69 Å². The van der Waals surface area contributed by atoms with E-state index in [0.29, 0.717) is 18.5 Å². The zero-order valence-electron chi connectivity index (χ0n) is 14.5. The summed E-state index contributed by atoms with van der Waals surface area (Å²) < 4.78 is 1.72. The van der Waals surface area contributed by atoms with Crippen molar-refractivity contribution in [2.24, 2.45) is 13.0 Å². The third-order valence-electron chi connectivity index (χ3n) is 5.45. The summed E-state index contributed by atoms with van der Waals surface area (Å²) in [4.78, 5) is 17.5. The van der Waals surface area contributed by atoms with Crippen molar-refractivity contribution in [3.05, 3.63) is 47.0 Å². The molecular formula is C19H24N4O2. The van der Waals surface area contributed by atoms with Crippen LogP contribution in [0.4, 0.5) is 0 Å². The molecule has 2 aromatic heterocycles. The van der Waals surface area contributed by atoms with Gasteiger partial charge in [0.2, 0.25) is 0 Å². The van der Waals surface area contributed by atoms with Gasteiger partial charge in [-0.05, 0) is 56.6 Å². The first-order valence-electron chi connectivity index (χ1n) is 9.08. The summed E-state index contributed by atoms with van der Waals surface area (Å²) in [7, 11) is 1.84. The van der Waals surface area contributed by atoms with Crippen molar-refractivity contribution in [2.45, 2.75) is 50.7 Å². The average Bonchev–Trinajstić information content (AvgIpc) is 2.93. The maximum absolute atomic E-state index is 13.0. The van der Waals surface area contributed by atoms with Crippen molar-refractivity contribution in [2.75, 3.05) is 0 Å². The molecule has 132 valence electrons. The van der Waals surface area contributed by atoms with Gasteiger partial charge >= 0.3 is 0 Å². The summed E-state index contributed by atoms with van der Waals surface area (Å²) in [6, 6.07) is 5.57.